The lowest BCUT2D eigenvalue weighted by molar-refractivity contribution is 0.181. The van der Waals surface area contributed by atoms with Crippen LogP contribution < -0.4 is 5.32 Å². The summed E-state index contributed by atoms with van der Waals surface area (Å²) in [6.45, 7) is 2.66. The summed E-state index contributed by atoms with van der Waals surface area (Å²) in [7, 11) is 3.51. The molecule has 14 heavy (non-hydrogen) atoms. The van der Waals surface area contributed by atoms with Crippen molar-refractivity contribution in [3.63, 3.8) is 0 Å². The second kappa shape index (κ2) is 5.26. The lowest BCUT2D eigenvalue weighted by atomic mass is 10.2. The van der Waals surface area contributed by atoms with Crippen LogP contribution in [-0.2, 0) is 4.74 Å². The fourth-order valence-corrected chi connectivity index (χ4v) is 1.51. The van der Waals surface area contributed by atoms with Crippen molar-refractivity contribution in [3.05, 3.63) is 16.5 Å². The van der Waals surface area contributed by atoms with E-state index < -0.39 is 0 Å². The quantitative estimate of drug-likeness (QED) is 0.899. The molecule has 0 bridgehead atoms. The molecule has 0 spiro atoms. The minimum atomic E-state index is 0.209. The Kier molecular flexibility index (Phi) is 4.28. The van der Waals surface area contributed by atoms with Gasteiger partial charge in [0.1, 0.15) is 11.6 Å². The summed E-state index contributed by atoms with van der Waals surface area (Å²) in [5.41, 5.74) is 0. The highest BCUT2D eigenvalue weighted by Gasteiger charge is 2.10. The SMILES string of the molecule is CNc1nc(C(C)COC)ncc1Br. The third kappa shape index (κ3) is 2.65. The van der Waals surface area contributed by atoms with Crippen molar-refractivity contribution in [1.29, 1.82) is 0 Å². The number of hydrogen-bond acceptors (Lipinski definition) is 4. The number of methoxy groups -OCH3 is 1. The van der Waals surface area contributed by atoms with Crippen LogP contribution in [0, 0.1) is 0 Å². The predicted molar refractivity (Wildman–Crippen MR) is 59.6 cm³/mol. The predicted octanol–water partition coefficient (Wildman–Crippen LogP) is 2.03. The summed E-state index contributed by atoms with van der Waals surface area (Å²) in [5, 5.41) is 2.99. The average molecular weight is 260 g/mol. The molecule has 1 heterocycles. The summed E-state index contributed by atoms with van der Waals surface area (Å²) < 4.78 is 5.92. The lowest BCUT2D eigenvalue weighted by Crippen LogP contribution is -2.08. The van der Waals surface area contributed by atoms with Crippen LogP contribution in [0.5, 0.6) is 0 Å². The largest absolute Gasteiger partial charge is 0.384 e. The van der Waals surface area contributed by atoms with Gasteiger partial charge in [-0.25, -0.2) is 9.97 Å². The Morgan fingerprint density at radius 3 is 2.93 bits per heavy atom. The van der Waals surface area contributed by atoms with Gasteiger partial charge in [0.15, 0.2) is 0 Å². The molecule has 0 amide bonds. The van der Waals surface area contributed by atoms with Crippen molar-refractivity contribution in [2.75, 3.05) is 26.1 Å². The highest BCUT2D eigenvalue weighted by Crippen LogP contribution is 2.20. The number of rotatable bonds is 4. The zero-order valence-electron chi connectivity index (χ0n) is 8.54. The Hall–Kier alpha value is -0.680. The van der Waals surface area contributed by atoms with Crippen LogP contribution in [0.15, 0.2) is 10.7 Å². The van der Waals surface area contributed by atoms with E-state index >= 15 is 0 Å². The fraction of sp³-hybridized carbons (Fsp3) is 0.556. The average Bonchev–Trinajstić information content (AvgIpc) is 2.19. The second-order valence-electron chi connectivity index (χ2n) is 3.03. The van der Waals surface area contributed by atoms with Gasteiger partial charge in [-0.15, -0.1) is 0 Å². The van der Waals surface area contributed by atoms with E-state index in [0.29, 0.717) is 6.61 Å². The molecule has 0 aliphatic heterocycles. The number of nitrogens with one attached hydrogen (secondary N) is 1. The molecule has 1 aromatic rings. The first-order valence-electron chi connectivity index (χ1n) is 4.38. The first kappa shape index (κ1) is 11.4. The van der Waals surface area contributed by atoms with E-state index in [1.807, 2.05) is 14.0 Å². The van der Waals surface area contributed by atoms with Crippen LogP contribution in [-0.4, -0.2) is 30.7 Å². The molecule has 0 radical (unpaired) electrons. The van der Waals surface area contributed by atoms with Crippen molar-refractivity contribution in [3.8, 4) is 0 Å². The number of nitrogens with zero attached hydrogens (tertiary/aromatic N) is 2. The number of ether oxygens (including phenoxy) is 1. The van der Waals surface area contributed by atoms with Crippen molar-refractivity contribution in [2.24, 2.45) is 0 Å². The van der Waals surface area contributed by atoms with Gasteiger partial charge in [-0.1, -0.05) is 6.92 Å². The third-order valence-corrected chi connectivity index (χ3v) is 2.44. The molecule has 0 aromatic carbocycles. The zero-order chi connectivity index (χ0) is 10.6. The number of aromatic nitrogens is 2. The number of anilines is 1. The molecule has 5 heteroatoms. The highest BCUT2D eigenvalue weighted by molar-refractivity contribution is 9.10. The van der Waals surface area contributed by atoms with Crippen LogP contribution in [0.4, 0.5) is 5.82 Å². The van der Waals surface area contributed by atoms with Crippen LogP contribution in [0.1, 0.15) is 18.7 Å². The van der Waals surface area contributed by atoms with Gasteiger partial charge in [0.05, 0.1) is 11.1 Å². The minimum absolute atomic E-state index is 0.209. The molecule has 1 rings (SSSR count). The number of halogens is 1. The van der Waals surface area contributed by atoms with E-state index in [4.69, 9.17) is 4.74 Å². The molecule has 0 aliphatic carbocycles. The molecule has 1 atom stereocenters. The van der Waals surface area contributed by atoms with E-state index in [9.17, 15) is 0 Å². The monoisotopic (exact) mass is 259 g/mol. The van der Waals surface area contributed by atoms with Gasteiger partial charge in [-0.2, -0.15) is 0 Å². The van der Waals surface area contributed by atoms with Gasteiger partial charge in [-0.05, 0) is 15.9 Å². The van der Waals surface area contributed by atoms with Crippen molar-refractivity contribution in [2.45, 2.75) is 12.8 Å². The van der Waals surface area contributed by atoms with Crippen LogP contribution in [0.25, 0.3) is 0 Å². The molecule has 78 valence electrons. The Morgan fingerprint density at radius 1 is 1.64 bits per heavy atom. The molecule has 0 saturated heterocycles. The first-order valence-corrected chi connectivity index (χ1v) is 5.17. The van der Waals surface area contributed by atoms with E-state index in [2.05, 4.69) is 31.2 Å². The maximum atomic E-state index is 5.05. The molecule has 0 aliphatic rings. The molecule has 1 N–H and O–H groups in total. The molecule has 4 nitrogen and oxygen atoms in total. The van der Waals surface area contributed by atoms with E-state index in [1.165, 1.54) is 0 Å². The van der Waals surface area contributed by atoms with Crippen LogP contribution in [0.2, 0.25) is 0 Å². The van der Waals surface area contributed by atoms with E-state index in [1.54, 1.807) is 13.3 Å². The standard InChI is InChI=1S/C9H14BrN3O/c1-6(5-14-3)8-12-4-7(10)9(11-2)13-8/h4,6H,5H2,1-3H3,(H,11,12,13). The normalized spacial score (nSPS) is 12.6. The summed E-state index contributed by atoms with van der Waals surface area (Å²) in [6.07, 6.45) is 1.75. The number of hydrogen-bond donors (Lipinski definition) is 1. The molecular formula is C9H14BrN3O. The molecule has 0 fully saturated rings. The maximum absolute atomic E-state index is 5.05. The fourth-order valence-electron chi connectivity index (χ4n) is 1.12. The Morgan fingerprint density at radius 2 is 2.36 bits per heavy atom. The van der Waals surface area contributed by atoms with Gasteiger partial charge >= 0.3 is 0 Å². The molecular weight excluding hydrogens is 246 g/mol. The summed E-state index contributed by atoms with van der Waals surface area (Å²) in [5.74, 6) is 1.80. The maximum Gasteiger partial charge on any atom is 0.143 e. The van der Waals surface area contributed by atoms with Gasteiger partial charge in [0, 0.05) is 26.3 Å². The topological polar surface area (TPSA) is 47.0 Å². The molecule has 0 saturated carbocycles. The zero-order valence-corrected chi connectivity index (χ0v) is 10.1. The Balaban J connectivity index is 2.88. The Bertz CT molecular complexity index is 306. The summed E-state index contributed by atoms with van der Waals surface area (Å²) in [6, 6.07) is 0. The molecule has 1 aromatic heterocycles. The summed E-state index contributed by atoms with van der Waals surface area (Å²) >= 11 is 3.36. The smallest absolute Gasteiger partial charge is 0.143 e. The second-order valence-corrected chi connectivity index (χ2v) is 3.89. The first-order chi connectivity index (χ1) is 6.69. The van der Waals surface area contributed by atoms with Crippen LogP contribution >= 0.6 is 15.9 Å². The van der Waals surface area contributed by atoms with E-state index in [0.717, 1.165) is 16.1 Å². The van der Waals surface area contributed by atoms with Gasteiger partial charge in [0.25, 0.3) is 0 Å². The lowest BCUT2D eigenvalue weighted by Gasteiger charge is -2.10. The molecule has 1 unspecified atom stereocenters. The Labute approximate surface area is 92.2 Å². The van der Waals surface area contributed by atoms with Gasteiger partial charge in [0.2, 0.25) is 0 Å². The van der Waals surface area contributed by atoms with Gasteiger partial charge in [-0.3, -0.25) is 0 Å². The van der Waals surface area contributed by atoms with Crippen molar-refractivity contribution >= 4 is 21.7 Å². The van der Waals surface area contributed by atoms with Crippen LogP contribution in [0.3, 0.4) is 0 Å². The van der Waals surface area contributed by atoms with E-state index in [-0.39, 0.29) is 5.92 Å². The highest BCUT2D eigenvalue weighted by atomic mass is 79.9. The van der Waals surface area contributed by atoms with Crippen molar-refractivity contribution < 1.29 is 4.74 Å². The third-order valence-electron chi connectivity index (χ3n) is 1.86. The van der Waals surface area contributed by atoms with Gasteiger partial charge < -0.3 is 10.1 Å². The van der Waals surface area contributed by atoms with Crippen molar-refractivity contribution in [1.82, 2.24) is 9.97 Å². The summed E-state index contributed by atoms with van der Waals surface area (Å²) in [4.78, 5) is 8.59. The minimum Gasteiger partial charge on any atom is -0.384 e.